The Morgan fingerprint density at radius 3 is 2.91 bits per heavy atom. The van der Waals surface area contributed by atoms with E-state index in [4.69, 9.17) is 0 Å². The van der Waals surface area contributed by atoms with E-state index in [2.05, 4.69) is 41.5 Å². The zero-order valence-corrected chi connectivity index (χ0v) is 13.9. The van der Waals surface area contributed by atoms with E-state index in [0.29, 0.717) is 25.3 Å². The van der Waals surface area contributed by atoms with Gasteiger partial charge in [-0.05, 0) is 48.3 Å². The second kappa shape index (κ2) is 6.50. The highest BCUT2D eigenvalue weighted by Gasteiger charge is 2.37. The molecule has 5 heteroatoms. The normalized spacial score (nSPS) is 23.7. The first-order valence-electron chi connectivity index (χ1n) is 7.96. The molecule has 1 fully saturated rings. The number of fused-ring (bicyclic) bond motifs is 1. The summed E-state index contributed by atoms with van der Waals surface area (Å²) in [6.45, 7) is 1.57. The van der Waals surface area contributed by atoms with Gasteiger partial charge in [0.25, 0.3) is 5.91 Å². The van der Waals surface area contributed by atoms with Gasteiger partial charge in [0, 0.05) is 25.8 Å². The van der Waals surface area contributed by atoms with Gasteiger partial charge in [-0.1, -0.05) is 18.2 Å². The van der Waals surface area contributed by atoms with Crippen LogP contribution in [0.4, 0.5) is 5.69 Å². The fourth-order valence-electron chi connectivity index (χ4n) is 3.39. The Hall–Kier alpha value is -1.20. The third kappa shape index (κ3) is 3.25. The summed E-state index contributed by atoms with van der Waals surface area (Å²) in [7, 11) is 2.10. The van der Waals surface area contributed by atoms with Crippen molar-refractivity contribution >= 4 is 23.4 Å². The molecular formula is C17H24N2O2S. The number of benzene rings is 1. The topological polar surface area (TPSA) is 52.6 Å². The first-order valence-corrected chi connectivity index (χ1v) is 9.11. The highest BCUT2D eigenvalue weighted by Crippen LogP contribution is 2.29. The Bertz CT molecular complexity index is 543. The van der Waals surface area contributed by atoms with E-state index in [9.17, 15) is 9.90 Å². The predicted molar refractivity (Wildman–Crippen MR) is 91.4 cm³/mol. The fraction of sp³-hybridized carbons (Fsp3) is 0.588. The van der Waals surface area contributed by atoms with Crippen molar-refractivity contribution in [2.24, 2.45) is 5.92 Å². The molecule has 0 radical (unpaired) electrons. The first-order chi connectivity index (χ1) is 10.6. The van der Waals surface area contributed by atoms with Gasteiger partial charge in [0.15, 0.2) is 0 Å². The number of nitrogens with zero attached hydrogens (tertiary/aromatic N) is 1. The van der Waals surface area contributed by atoms with Gasteiger partial charge in [-0.15, -0.1) is 0 Å². The smallest absolute Gasteiger partial charge is 0.252 e. The lowest BCUT2D eigenvalue weighted by Crippen LogP contribution is -2.51. The highest BCUT2D eigenvalue weighted by atomic mass is 32.2. The van der Waals surface area contributed by atoms with Crippen molar-refractivity contribution in [1.29, 1.82) is 0 Å². The molecule has 22 heavy (non-hydrogen) atoms. The summed E-state index contributed by atoms with van der Waals surface area (Å²) in [6, 6.07) is 8.43. The average molecular weight is 320 g/mol. The van der Waals surface area contributed by atoms with E-state index in [-0.39, 0.29) is 5.91 Å². The minimum absolute atomic E-state index is 0.186. The number of hydrogen-bond acceptors (Lipinski definition) is 4. The Kier molecular flexibility index (Phi) is 4.64. The van der Waals surface area contributed by atoms with E-state index >= 15 is 0 Å². The molecule has 1 atom stereocenters. The largest absolute Gasteiger partial charge is 0.380 e. The summed E-state index contributed by atoms with van der Waals surface area (Å²) in [5, 5.41) is 13.4. The van der Waals surface area contributed by atoms with Crippen LogP contribution in [0.25, 0.3) is 0 Å². The summed E-state index contributed by atoms with van der Waals surface area (Å²) in [6.07, 6.45) is 2.11. The molecule has 0 bridgehead atoms. The molecule has 1 saturated heterocycles. The summed E-state index contributed by atoms with van der Waals surface area (Å²) in [5.74, 6) is 1.94. The minimum atomic E-state index is -1.15. The van der Waals surface area contributed by atoms with E-state index in [1.165, 1.54) is 11.3 Å². The van der Waals surface area contributed by atoms with Crippen molar-refractivity contribution < 1.29 is 9.90 Å². The van der Waals surface area contributed by atoms with Crippen LogP contribution in [-0.2, 0) is 11.2 Å². The van der Waals surface area contributed by atoms with E-state index < -0.39 is 5.60 Å². The zero-order chi connectivity index (χ0) is 15.6. The number of amides is 1. The molecule has 0 spiro atoms. The van der Waals surface area contributed by atoms with Crippen LogP contribution in [0.5, 0.6) is 0 Å². The standard InChI is InChI=1S/C17H24N2O2S/c1-19-12-13(10-14-4-2-3-5-15(14)19)11-18-16(20)17(21)6-8-22-9-7-17/h2-5,13,21H,6-12H2,1H3,(H,18,20). The van der Waals surface area contributed by atoms with Gasteiger partial charge in [0.2, 0.25) is 0 Å². The second-order valence-electron chi connectivity index (χ2n) is 6.43. The molecule has 3 rings (SSSR count). The monoisotopic (exact) mass is 320 g/mol. The van der Waals surface area contributed by atoms with Crippen LogP contribution in [0.15, 0.2) is 24.3 Å². The number of hydrogen-bond donors (Lipinski definition) is 2. The number of aliphatic hydroxyl groups is 1. The molecule has 2 N–H and O–H groups in total. The molecule has 0 saturated carbocycles. The number of carbonyl (C=O) groups is 1. The van der Waals surface area contributed by atoms with Crippen molar-refractivity contribution in [3.8, 4) is 0 Å². The Balaban J connectivity index is 1.57. The van der Waals surface area contributed by atoms with Crippen LogP contribution in [0.1, 0.15) is 18.4 Å². The molecule has 0 aromatic heterocycles. The van der Waals surface area contributed by atoms with Crippen molar-refractivity contribution in [2.75, 3.05) is 36.5 Å². The van der Waals surface area contributed by atoms with Crippen LogP contribution in [0.2, 0.25) is 0 Å². The third-order valence-corrected chi connectivity index (χ3v) is 5.72. The minimum Gasteiger partial charge on any atom is -0.380 e. The lowest BCUT2D eigenvalue weighted by molar-refractivity contribution is -0.140. The van der Waals surface area contributed by atoms with Gasteiger partial charge in [0.05, 0.1) is 0 Å². The highest BCUT2D eigenvalue weighted by molar-refractivity contribution is 7.99. The van der Waals surface area contributed by atoms with E-state index in [1.807, 2.05) is 0 Å². The van der Waals surface area contributed by atoms with Gasteiger partial charge in [-0.3, -0.25) is 4.79 Å². The van der Waals surface area contributed by atoms with Crippen molar-refractivity contribution in [3.05, 3.63) is 29.8 Å². The van der Waals surface area contributed by atoms with Gasteiger partial charge in [-0.25, -0.2) is 0 Å². The van der Waals surface area contributed by atoms with Crippen molar-refractivity contribution in [1.82, 2.24) is 5.32 Å². The van der Waals surface area contributed by atoms with Crippen LogP contribution >= 0.6 is 11.8 Å². The number of nitrogens with one attached hydrogen (secondary N) is 1. The molecule has 1 aromatic rings. The SMILES string of the molecule is CN1CC(CNC(=O)C2(O)CCSCC2)Cc2ccccc21. The maximum Gasteiger partial charge on any atom is 0.252 e. The van der Waals surface area contributed by atoms with Gasteiger partial charge < -0.3 is 15.3 Å². The second-order valence-corrected chi connectivity index (χ2v) is 7.66. The first kappa shape index (κ1) is 15.7. The molecular weight excluding hydrogens is 296 g/mol. The van der Waals surface area contributed by atoms with Crippen LogP contribution in [0.3, 0.4) is 0 Å². The molecule has 2 aliphatic rings. The lowest BCUT2D eigenvalue weighted by atomic mass is 9.91. The van der Waals surface area contributed by atoms with Crippen molar-refractivity contribution in [3.63, 3.8) is 0 Å². The van der Waals surface area contributed by atoms with E-state index in [1.54, 1.807) is 11.8 Å². The average Bonchev–Trinajstić information content (AvgIpc) is 2.53. The van der Waals surface area contributed by atoms with Crippen LogP contribution in [-0.4, -0.2) is 48.3 Å². The molecule has 4 nitrogen and oxygen atoms in total. The Morgan fingerprint density at radius 2 is 2.14 bits per heavy atom. The maximum atomic E-state index is 12.3. The molecule has 0 aliphatic carbocycles. The molecule has 120 valence electrons. The van der Waals surface area contributed by atoms with Gasteiger partial charge >= 0.3 is 0 Å². The number of anilines is 1. The number of rotatable bonds is 3. The van der Waals surface area contributed by atoms with Crippen LogP contribution < -0.4 is 10.2 Å². The third-order valence-electron chi connectivity index (χ3n) is 4.74. The van der Waals surface area contributed by atoms with E-state index in [0.717, 1.165) is 24.5 Å². The Labute approximate surface area is 136 Å². The quantitative estimate of drug-likeness (QED) is 0.889. The van der Waals surface area contributed by atoms with Gasteiger partial charge in [-0.2, -0.15) is 11.8 Å². The number of thioether (sulfide) groups is 1. The number of carbonyl (C=O) groups excluding carboxylic acids is 1. The predicted octanol–water partition coefficient (Wildman–Crippen LogP) is 1.67. The molecule has 1 amide bonds. The van der Waals surface area contributed by atoms with Crippen LogP contribution in [0, 0.1) is 5.92 Å². The summed E-state index contributed by atoms with van der Waals surface area (Å²) in [5.41, 5.74) is 1.47. The fourth-order valence-corrected chi connectivity index (χ4v) is 4.56. The molecule has 1 aromatic carbocycles. The molecule has 1 unspecified atom stereocenters. The number of para-hydroxylation sites is 1. The molecule has 2 heterocycles. The summed E-state index contributed by atoms with van der Waals surface area (Å²) >= 11 is 1.81. The molecule has 2 aliphatic heterocycles. The summed E-state index contributed by atoms with van der Waals surface area (Å²) in [4.78, 5) is 14.6. The Morgan fingerprint density at radius 1 is 1.41 bits per heavy atom. The van der Waals surface area contributed by atoms with Crippen molar-refractivity contribution in [2.45, 2.75) is 24.9 Å². The van der Waals surface area contributed by atoms with Gasteiger partial charge in [0.1, 0.15) is 5.60 Å². The maximum absolute atomic E-state index is 12.3. The summed E-state index contributed by atoms with van der Waals surface area (Å²) < 4.78 is 0. The lowest BCUT2D eigenvalue weighted by Gasteiger charge is -2.35. The zero-order valence-electron chi connectivity index (χ0n) is 13.0.